The summed E-state index contributed by atoms with van der Waals surface area (Å²) in [6.45, 7) is 6.19. The maximum absolute atomic E-state index is 12.3. The van der Waals surface area contributed by atoms with E-state index in [1.807, 2.05) is 0 Å². The maximum Gasteiger partial charge on any atom is 0.223 e. The van der Waals surface area contributed by atoms with Crippen LogP contribution in [0, 0.1) is 17.8 Å². The number of carbonyl (C=O) groups excluding carboxylic acids is 2. The Morgan fingerprint density at radius 2 is 1.83 bits per heavy atom. The first kappa shape index (κ1) is 13.6. The van der Waals surface area contributed by atoms with Crippen molar-refractivity contribution in [1.29, 1.82) is 0 Å². The highest BCUT2D eigenvalue weighted by molar-refractivity contribution is 5.88. The number of rotatable bonds is 3. The lowest BCUT2D eigenvalue weighted by molar-refractivity contribution is -0.138. The topological polar surface area (TPSA) is 46.2 Å². The molecule has 0 radical (unpaired) electrons. The average molecular weight is 251 g/mol. The van der Waals surface area contributed by atoms with E-state index in [1.54, 1.807) is 0 Å². The van der Waals surface area contributed by atoms with Crippen LogP contribution in [0.15, 0.2) is 0 Å². The molecule has 3 nitrogen and oxygen atoms in total. The molecule has 0 heterocycles. The number of ketones is 1. The molecule has 0 spiro atoms. The molecule has 0 saturated heterocycles. The van der Waals surface area contributed by atoms with Crippen molar-refractivity contribution in [3.05, 3.63) is 0 Å². The largest absolute Gasteiger partial charge is 0.351 e. The highest BCUT2D eigenvalue weighted by Crippen LogP contribution is 2.40. The van der Waals surface area contributed by atoms with E-state index in [2.05, 4.69) is 26.1 Å². The first-order chi connectivity index (χ1) is 8.43. The fourth-order valence-electron chi connectivity index (χ4n) is 3.22. The number of nitrogens with one attached hydrogen (secondary N) is 1. The molecular weight excluding hydrogens is 226 g/mol. The zero-order valence-electron chi connectivity index (χ0n) is 11.8. The lowest BCUT2D eigenvalue weighted by Gasteiger charge is -2.38. The minimum atomic E-state index is -0.131. The Hall–Kier alpha value is -0.860. The van der Waals surface area contributed by atoms with E-state index in [0.717, 1.165) is 38.5 Å². The van der Waals surface area contributed by atoms with E-state index in [0.29, 0.717) is 5.78 Å². The molecule has 1 amide bonds. The maximum atomic E-state index is 12.3. The third-order valence-corrected chi connectivity index (χ3v) is 4.76. The average Bonchev–Trinajstić information content (AvgIpc) is 2.27. The van der Waals surface area contributed by atoms with Gasteiger partial charge >= 0.3 is 0 Å². The molecule has 2 saturated carbocycles. The van der Waals surface area contributed by atoms with E-state index < -0.39 is 0 Å². The Labute approximate surface area is 110 Å². The molecule has 0 aromatic rings. The third-order valence-electron chi connectivity index (χ3n) is 4.76. The normalized spacial score (nSPS) is 32.2. The zero-order chi connectivity index (χ0) is 13.3. The second kappa shape index (κ2) is 5.02. The molecule has 1 unspecified atom stereocenters. The van der Waals surface area contributed by atoms with Crippen molar-refractivity contribution in [2.75, 3.05) is 0 Å². The summed E-state index contributed by atoms with van der Waals surface area (Å²) >= 11 is 0. The van der Waals surface area contributed by atoms with Gasteiger partial charge in [-0.05, 0) is 46.0 Å². The van der Waals surface area contributed by atoms with Gasteiger partial charge in [0.15, 0.2) is 0 Å². The summed E-state index contributed by atoms with van der Waals surface area (Å²) in [6.07, 6.45) is 5.64. The number of Topliss-reactive ketones (excluding diaryl/α,β-unsaturated/α-hetero) is 1. The summed E-state index contributed by atoms with van der Waals surface area (Å²) in [5.41, 5.74) is -0.131. The van der Waals surface area contributed by atoms with Crippen molar-refractivity contribution in [3.63, 3.8) is 0 Å². The molecule has 0 aromatic carbocycles. The van der Waals surface area contributed by atoms with Crippen molar-refractivity contribution >= 4 is 11.7 Å². The number of carbonyl (C=O) groups is 2. The zero-order valence-corrected chi connectivity index (χ0v) is 11.8. The van der Waals surface area contributed by atoms with Crippen LogP contribution in [-0.2, 0) is 9.59 Å². The van der Waals surface area contributed by atoms with Crippen LogP contribution in [0.2, 0.25) is 0 Å². The lowest BCUT2D eigenvalue weighted by atomic mass is 9.67. The first-order valence-electron chi connectivity index (χ1n) is 7.28. The quantitative estimate of drug-likeness (QED) is 0.838. The molecule has 0 aromatic heterocycles. The molecule has 0 aliphatic heterocycles. The third kappa shape index (κ3) is 2.76. The van der Waals surface area contributed by atoms with Crippen LogP contribution in [0.25, 0.3) is 0 Å². The lowest BCUT2D eigenvalue weighted by Crippen LogP contribution is -2.49. The van der Waals surface area contributed by atoms with Crippen LogP contribution in [0.5, 0.6) is 0 Å². The van der Waals surface area contributed by atoms with E-state index >= 15 is 0 Å². The van der Waals surface area contributed by atoms with Gasteiger partial charge in [-0.3, -0.25) is 9.59 Å². The van der Waals surface area contributed by atoms with Gasteiger partial charge in [0.2, 0.25) is 5.91 Å². The smallest absolute Gasteiger partial charge is 0.223 e. The molecule has 18 heavy (non-hydrogen) atoms. The monoisotopic (exact) mass is 251 g/mol. The van der Waals surface area contributed by atoms with Crippen molar-refractivity contribution in [1.82, 2.24) is 5.32 Å². The summed E-state index contributed by atoms with van der Waals surface area (Å²) in [5.74, 6) is 0.978. The molecule has 1 N–H and O–H groups in total. The summed E-state index contributed by atoms with van der Waals surface area (Å²) in [6, 6.07) is 0. The Morgan fingerprint density at radius 1 is 1.28 bits per heavy atom. The van der Waals surface area contributed by atoms with E-state index in [-0.39, 0.29) is 29.2 Å². The molecule has 2 aliphatic carbocycles. The number of hydrogen-bond donors (Lipinski definition) is 1. The highest BCUT2D eigenvalue weighted by Gasteiger charge is 2.41. The molecule has 3 heteroatoms. The Morgan fingerprint density at radius 3 is 2.33 bits per heavy atom. The summed E-state index contributed by atoms with van der Waals surface area (Å²) in [7, 11) is 0. The predicted octanol–water partition coefficient (Wildman–Crippen LogP) is 2.69. The minimum absolute atomic E-state index is 0.0591. The van der Waals surface area contributed by atoms with Crippen LogP contribution < -0.4 is 5.32 Å². The standard InChI is InChI=1S/C15H25NO2/c1-4-15(2,3)16-14(18)12-8-10-6-5-7-11(9-12)13(10)17/h10-12H,4-9H2,1-3H3,(H,16,18)/t10-,11+,12?. The van der Waals surface area contributed by atoms with E-state index in [9.17, 15) is 9.59 Å². The van der Waals surface area contributed by atoms with Gasteiger partial charge in [-0.2, -0.15) is 0 Å². The van der Waals surface area contributed by atoms with Gasteiger partial charge in [0.1, 0.15) is 5.78 Å². The van der Waals surface area contributed by atoms with Crippen molar-refractivity contribution in [2.45, 2.75) is 64.8 Å². The van der Waals surface area contributed by atoms with Gasteiger partial charge in [-0.25, -0.2) is 0 Å². The second-order valence-electron chi connectivity index (χ2n) is 6.62. The summed E-state index contributed by atoms with van der Waals surface area (Å²) in [5, 5.41) is 3.13. The van der Waals surface area contributed by atoms with Crippen LogP contribution >= 0.6 is 0 Å². The molecule has 3 atom stereocenters. The Bertz CT molecular complexity index is 332. The number of fused-ring (bicyclic) bond motifs is 2. The SMILES string of the molecule is CCC(C)(C)NC(=O)C1C[C@H]2CCC[C@@H](C1)C2=O. The van der Waals surface area contributed by atoms with Crippen LogP contribution in [-0.4, -0.2) is 17.2 Å². The fraction of sp³-hybridized carbons (Fsp3) is 0.867. The summed E-state index contributed by atoms with van der Waals surface area (Å²) in [4.78, 5) is 24.3. The Kier molecular flexibility index (Phi) is 3.79. The molecule has 2 bridgehead atoms. The van der Waals surface area contributed by atoms with Crippen LogP contribution in [0.3, 0.4) is 0 Å². The molecular formula is C15H25NO2. The number of hydrogen-bond acceptors (Lipinski definition) is 2. The van der Waals surface area contributed by atoms with Gasteiger partial charge in [0.25, 0.3) is 0 Å². The van der Waals surface area contributed by atoms with E-state index in [4.69, 9.17) is 0 Å². The Balaban J connectivity index is 1.98. The van der Waals surface area contributed by atoms with Gasteiger partial charge in [0.05, 0.1) is 0 Å². The van der Waals surface area contributed by atoms with Crippen molar-refractivity contribution < 1.29 is 9.59 Å². The van der Waals surface area contributed by atoms with Gasteiger partial charge < -0.3 is 5.32 Å². The second-order valence-corrected chi connectivity index (χ2v) is 6.62. The molecule has 2 rings (SSSR count). The highest BCUT2D eigenvalue weighted by atomic mass is 16.2. The van der Waals surface area contributed by atoms with Crippen molar-refractivity contribution in [3.8, 4) is 0 Å². The van der Waals surface area contributed by atoms with Gasteiger partial charge in [-0.15, -0.1) is 0 Å². The fourth-order valence-corrected chi connectivity index (χ4v) is 3.22. The predicted molar refractivity (Wildman–Crippen MR) is 71.1 cm³/mol. The summed E-state index contributed by atoms with van der Waals surface area (Å²) < 4.78 is 0. The van der Waals surface area contributed by atoms with Gasteiger partial charge in [0, 0.05) is 23.3 Å². The molecule has 2 fully saturated rings. The first-order valence-corrected chi connectivity index (χ1v) is 7.28. The van der Waals surface area contributed by atoms with Crippen LogP contribution in [0.1, 0.15) is 59.3 Å². The van der Waals surface area contributed by atoms with Crippen molar-refractivity contribution in [2.24, 2.45) is 17.8 Å². The minimum Gasteiger partial charge on any atom is -0.351 e. The molecule has 102 valence electrons. The van der Waals surface area contributed by atoms with Gasteiger partial charge in [-0.1, -0.05) is 13.3 Å². The number of amides is 1. The van der Waals surface area contributed by atoms with E-state index in [1.165, 1.54) is 0 Å². The van der Waals surface area contributed by atoms with Crippen LogP contribution in [0.4, 0.5) is 0 Å². The molecule has 2 aliphatic rings.